The zero-order valence-corrected chi connectivity index (χ0v) is 20.7. The van der Waals surface area contributed by atoms with Gasteiger partial charge in [-0.05, 0) is 43.7 Å². The first-order valence-corrected chi connectivity index (χ1v) is 11.9. The summed E-state index contributed by atoms with van der Waals surface area (Å²) in [6.45, 7) is 5.46. The van der Waals surface area contributed by atoms with Crippen molar-refractivity contribution in [3.05, 3.63) is 88.4 Å². The zero-order chi connectivity index (χ0) is 25.9. The average Bonchev–Trinajstić information content (AvgIpc) is 3.33. The molecule has 0 fully saturated rings. The van der Waals surface area contributed by atoms with E-state index < -0.39 is 6.04 Å². The summed E-state index contributed by atoms with van der Waals surface area (Å²) in [5.74, 6) is 7.59. The molecule has 3 N–H and O–H groups in total. The van der Waals surface area contributed by atoms with Crippen LogP contribution < -0.4 is 16.6 Å². The molecular formula is C28H25N7O2. The van der Waals surface area contributed by atoms with E-state index in [1.54, 1.807) is 30.7 Å². The van der Waals surface area contributed by atoms with Gasteiger partial charge in [0.05, 0.1) is 22.6 Å². The Labute approximate surface area is 213 Å². The molecule has 5 rings (SSSR count). The predicted molar refractivity (Wildman–Crippen MR) is 143 cm³/mol. The van der Waals surface area contributed by atoms with Crippen molar-refractivity contribution in [3.63, 3.8) is 0 Å². The Morgan fingerprint density at radius 2 is 1.92 bits per heavy atom. The minimum atomic E-state index is -0.407. The second-order valence-electron chi connectivity index (χ2n) is 8.38. The molecule has 0 radical (unpaired) electrons. The molecule has 0 amide bonds. The second-order valence-corrected chi connectivity index (χ2v) is 8.38. The van der Waals surface area contributed by atoms with E-state index in [1.165, 1.54) is 0 Å². The fourth-order valence-corrected chi connectivity index (χ4v) is 4.27. The predicted octanol–water partition coefficient (Wildman–Crippen LogP) is 4.66. The van der Waals surface area contributed by atoms with Gasteiger partial charge in [0, 0.05) is 24.4 Å². The lowest BCUT2D eigenvalue weighted by molar-refractivity contribution is 0.532. The van der Waals surface area contributed by atoms with Crippen LogP contribution in [0.25, 0.3) is 28.0 Å². The van der Waals surface area contributed by atoms with Crippen LogP contribution in [-0.2, 0) is 0 Å². The van der Waals surface area contributed by atoms with Gasteiger partial charge in [-0.2, -0.15) is 0 Å². The van der Waals surface area contributed by atoms with Gasteiger partial charge in [-0.15, -0.1) is 16.1 Å². The van der Waals surface area contributed by atoms with Crippen molar-refractivity contribution in [2.45, 2.75) is 33.2 Å². The van der Waals surface area contributed by atoms with Crippen LogP contribution in [-0.4, -0.2) is 24.7 Å². The first-order chi connectivity index (χ1) is 18.0. The van der Waals surface area contributed by atoms with E-state index in [2.05, 4.69) is 32.3 Å². The lowest BCUT2D eigenvalue weighted by Gasteiger charge is -2.23. The van der Waals surface area contributed by atoms with Gasteiger partial charge < -0.3 is 15.5 Å². The second kappa shape index (κ2) is 9.95. The monoisotopic (exact) mass is 491 g/mol. The summed E-state index contributed by atoms with van der Waals surface area (Å²) in [6, 6.07) is 16.2. The highest BCUT2D eigenvalue weighted by Crippen LogP contribution is 2.34. The number of nitrogens with one attached hydrogen (secondary N) is 1. The van der Waals surface area contributed by atoms with Gasteiger partial charge in [0.2, 0.25) is 5.89 Å². The minimum Gasteiger partial charge on any atom is -0.421 e. The normalized spacial score (nSPS) is 11.6. The van der Waals surface area contributed by atoms with Crippen molar-refractivity contribution in [2.75, 3.05) is 11.1 Å². The molecule has 9 nitrogen and oxygen atoms in total. The van der Waals surface area contributed by atoms with E-state index in [4.69, 9.17) is 15.1 Å². The van der Waals surface area contributed by atoms with Gasteiger partial charge in [0.25, 0.3) is 11.4 Å². The molecular weight excluding hydrogens is 466 g/mol. The maximum absolute atomic E-state index is 14.0. The van der Waals surface area contributed by atoms with Crippen LogP contribution in [0, 0.1) is 18.8 Å². The molecule has 9 heteroatoms. The summed E-state index contributed by atoms with van der Waals surface area (Å²) in [7, 11) is 0. The van der Waals surface area contributed by atoms with Crippen LogP contribution in [0.2, 0.25) is 0 Å². The highest BCUT2D eigenvalue weighted by atomic mass is 16.4. The van der Waals surface area contributed by atoms with Gasteiger partial charge in [-0.25, -0.2) is 9.97 Å². The Morgan fingerprint density at radius 1 is 1.11 bits per heavy atom. The van der Waals surface area contributed by atoms with Gasteiger partial charge >= 0.3 is 0 Å². The summed E-state index contributed by atoms with van der Waals surface area (Å²) in [5, 5.41) is 12.0. The number of nitrogens with two attached hydrogens (primary N) is 1. The van der Waals surface area contributed by atoms with Crippen molar-refractivity contribution < 1.29 is 4.42 Å². The SMILES string of the molecule is CC#Cc1cccc2nc([C@H](CC)Nc3nccc(N)c3-c3nnc(C)o3)n(-c3ccccc3)c(=O)c12. The number of hydrogen-bond acceptors (Lipinski definition) is 8. The number of para-hydroxylation sites is 1. The van der Waals surface area contributed by atoms with E-state index in [0.717, 1.165) is 0 Å². The summed E-state index contributed by atoms with van der Waals surface area (Å²) in [4.78, 5) is 23.5. The number of benzene rings is 2. The third-order valence-corrected chi connectivity index (χ3v) is 5.95. The fourth-order valence-electron chi connectivity index (χ4n) is 4.27. The molecule has 0 saturated heterocycles. The third-order valence-electron chi connectivity index (χ3n) is 5.95. The molecule has 3 aromatic heterocycles. The Bertz CT molecular complexity index is 1710. The third kappa shape index (κ3) is 4.41. The van der Waals surface area contributed by atoms with Crippen LogP contribution in [0.1, 0.15) is 43.6 Å². The molecule has 3 heterocycles. The van der Waals surface area contributed by atoms with Crippen LogP contribution in [0.15, 0.2) is 70.0 Å². The molecule has 2 aromatic carbocycles. The van der Waals surface area contributed by atoms with E-state index in [0.29, 0.717) is 57.4 Å². The molecule has 0 unspecified atom stereocenters. The number of pyridine rings is 1. The molecule has 5 aromatic rings. The summed E-state index contributed by atoms with van der Waals surface area (Å²) in [6.07, 6.45) is 2.20. The highest BCUT2D eigenvalue weighted by molar-refractivity contribution is 5.85. The van der Waals surface area contributed by atoms with Gasteiger partial charge in [-0.1, -0.05) is 37.1 Å². The van der Waals surface area contributed by atoms with Gasteiger partial charge in [-0.3, -0.25) is 9.36 Å². The smallest absolute Gasteiger partial charge is 0.267 e. The minimum absolute atomic E-state index is 0.196. The number of rotatable bonds is 6. The van der Waals surface area contributed by atoms with Crippen LogP contribution in [0.3, 0.4) is 0 Å². The van der Waals surface area contributed by atoms with Crippen molar-refractivity contribution >= 4 is 22.4 Å². The maximum Gasteiger partial charge on any atom is 0.267 e. The molecule has 1 atom stereocenters. The van der Waals surface area contributed by atoms with Crippen LogP contribution >= 0.6 is 0 Å². The molecule has 184 valence electrons. The van der Waals surface area contributed by atoms with Crippen molar-refractivity contribution in [2.24, 2.45) is 0 Å². The number of aryl methyl sites for hydroxylation is 1. The first kappa shape index (κ1) is 23.8. The van der Waals surface area contributed by atoms with Crippen LogP contribution in [0.4, 0.5) is 11.5 Å². The fraction of sp³-hybridized carbons (Fsp3) is 0.179. The quantitative estimate of drug-likeness (QED) is 0.329. The van der Waals surface area contributed by atoms with Crippen molar-refractivity contribution in [3.8, 4) is 29.0 Å². The number of nitrogens with zero attached hydrogens (tertiary/aromatic N) is 5. The average molecular weight is 492 g/mol. The maximum atomic E-state index is 14.0. The molecule has 37 heavy (non-hydrogen) atoms. The molecule has 0 spiro atoms. The van der Waals surface area contributed by atoms with Crippen LogP contribution in [0.5, 0.6) is 0 Å². The van der Waals surface area contributed by atoms with E-state index in [-0.39, 0.29) is 11.4 Å². The molecule has 0 aliphatic rings. The molecule has 0 aliphatic carbocycles. The summed E-state index contributed by atoms with van der Waals surface area (Å²) >= 11 is 0. The lowest BCUT2D eigenvalue weighted by atomic mass is 10.1. The zero-order valence-electron chi connectivity index (χ0n) is 20.7. The number of nitrogen functional groups attached to an aromatic ring is 1. The Kier molecular flexibility index (Phi) is 6.39. The number of fused-ring (bicyclic) bond motifs is 1. The van der Waals surface area contributed by atoms with E-state index >= 15 is 0 Å². The van der Waals surface area contributed by atoms with E-state index in [9.17, 15) is 4.79 Å². The standard InChI is InChI=1S/C28H25N7O2/c1-4-10-18-11-9-14-22-23(18)28(36)35(19-12-7-6-8-13-19)26(32-22)21(5-2)31-25-24(20(29)15-16-30-25)27-34-33-17(3)37-27/h6-9,11-16,21H,5H2,1-3H3,(H3,29,30,31)/t21-/m0/s1. The number of anilines is 2. The molecule has 0 saturated carbocycles. The Balaban J connectivity index is 1.73. The summed E-state index contributed by atoms with van der Waals surface area (Å²) < 4.78 is 7.28. The lowest BCUT2D eigenvalue weighted by Crippen LogP contribution is -2.28. The molecule has 0 aliphatic heterocycles. The highest BCUT2D eigenvalue weighted by Gasteiger charge is 2.24. The van der Waals surface area contributed by atoms with Crippen molar-refractivity contribution in [1.29, 1.82) is 0 Å². The Morgan fingerprint density at radius 3 is 2.62 bits per heavy atom. The van der Waals surface area contributed by atoms with Gasteiger partial charge in [0.1, 0.15) is 17.2 Å². The number of hydrogen-bond donors (Lipinski definition) is 2. The Hall–Kier alpha value is -4.97. The first-order valence-electron chi connectivity index (χ1n) is 11.9. The largest absolute Gasteiger partial charge is 0.421 e. The topological polar surface area (TPSA) is 125 Å². The summed E-state index contributed by atoms with van der Waals surface area (Å²) in [5.41, 5.74) is 8.94. The van der Waals surface area contributed by atoms with Gasteiger partial charge in [0.15, 0.2) is 0 Å². The van der Waals surface area contributed by atoms with E-state index in [1.807, 2.05) is 55.5 Å². The van der Waals surface area contributed by atoms with Crippen molar-refractivity contribution in [1.82, 2.24) is 24.7 Å². The molecule has 0 bridgehead atoms. The number of aromatic nitrogens is 5.